The Morgan fingerprint density at radius 3 is 2.06 bits per heavy atom. The second kappa shape index (κ2) is 3.72. The predicted molar refractivity (Wildman–Crippen MR) is 68.0 cm³/mol. The number of hydrogen-bond acceptors (Lipinski definition) is 2. The molecular formula is C15H24N2. The van der Waals surface area contributed by atoms with Crippen LogP contribution in [-0.2, 0) is 0 Å². The van der Waals surface area contributed by atoms with Crippen LogP contribution in [0.15, 0.2) is 0 Å². The molecular weight excluding hydrogens is 208 g/mol. The molecule has 0 amide bonds. The lowest BCUT2D eigenvalue weighted by Gasteiger charge is -2.57. The second-order valence-corrected chi connectivity index (χ2v) is 7.45. The summed E-state index contributed by atoms with van der Waals surface area (Å²) in [5.41, 5.74) is 5.95. The molecule has 0 heterocycles. The van der Waals surface area contributed by atoms with Crippen LogP contribution >= 0.6 is 0 Å². The average molecular weight is 232 g/mol. The topological polar surface area (TPSA) is 49.8 Å². The van der Waals surface area contributed by atoms with Crippen molar-refractivity contribution in [2.45, 2.75) is 63.8 Å². The van der Waals surface area contributed by atoms with Gasteiger partial charge in [-0.2, -0.15) is 5.26 Å². The minimum Gasteiger partial charge on any atom is -0.314 e. The molecule has 0 aromatic rings. The molecule has 4 fully saturated rings. The number of nitrogens with two attached hydrogens (primary N) is 1. The molecule has 4 aliphatic carbocycles. The molecule has 0 saturated heterocycles. The molecule has 4 aliphatic rings. The lowest BCUT2D eigenvalue weighted by atomic mass is 9.48. The maximum absolute atomic E-state index is 9.03. The lowest BCUT2D eigenvalue weighted by molar-refractivity contribution is -0.0595. The summed E-state index contributed by atoms with van der Waals surface area (Å²) in [6.07, 6.45) is 10.9. The molecule has 4 bridgehead atoms. The first kappa shape index (κ1) is 11.5. The number of rotatable bonds is 3. The van der Waals surface area contributed by atoms with Gasteiger partial charge in [0, 0.05) is 0 Å². The van der Waals surface area contributed by atoms with Gasteiger partial charge in [-0.1, -0.05) is 0 Å². The van der Waals surface area contributed by atoms with Crippen LogP contribution in [-0.4, -0.2) is 5.54 Å². The molecule has 94 valence electrons. The zero-order valence-electron chi connectivity index (χ0n) is 10.9. The number of nitriles is 1. The fraction of sp³-hybridized carbons (Fsp3) is 0.933. The quantitative estimate of drug-likeness (QED) is 0.812. The summed E-state index contributed by atoms with van der Waals surface area (Å²) in [7, 11) is 0. The summed E-state index contributed by atoms with van der Waals surface area (Å²) in [6, 6.07) is 2.25. The first-order valence-electron chi connectivity index (χ1n) is 7.20. The van der Waals surface area contributed by atoms with E-state index in [2.05, 4.69) is 6.07 Å². The number of hydrogen-bond donors (Lipinski definition) is 1. The van der Waals surface area contributed by atoms with Gasteiger partial charge < -0.3 is 5.73 Å². The van der Waals surface area contributed by atoms with E-state index in [4.69, 9.17) is 11.0 Å². The second-order valence-electron chi connectivity index (χ2n) is 7.45. The van der Waals surface area contributed by atoms with E-state index in [1.165, 1.54) is 44.9 Å². The van der Waals surface area contributed by atoms with E-state index in [0.717, 1.165) is 24.2 Å². The minimum absolute atomic E-state index is 0.576. The first-order chi connectivity index (χ1) is 8.00. The Kier molecular flexibility index (Phi) is 2.52. The average Bonchev–Trinajstić information content (AvgIpc) is 2.25. The third-order valence-electron chi connectivity index (χ3n) is 5.60. The van der Waals surface area contributed by atoms with E-state index in [1.54, 1.807) is 0 Å². The van der Waals surface area contributed by atoms with Gasteiger partial charge in [-0.15, -0.1) is 0 Å². The molecule has 4 saturated carbocycles. The highest BCUT2D eigenvalue weighted by molar-refractivity contribution is 5.05. The highest BCUT2D eigenvalue weighted by atomic mass is 14.7. The molecule has 2 nitrogen and oxygen atoms in total. The maximum atomic E-state index is 9.03. The van der Waals surface area contributed by atoms with Crippen LogP contribution < -0.4 is 5.73 Å². The van der Waals surface area contributed by atoms with Crippen LogP contribution in [0.1, 0.15) is 58.3 Å². The molecule has 2 N–H and O–H groups in total. The summed E-state index contributed by atoms with van der Waals surface area (Å²) >= 11 is 0. The molecule has 0 aromatic carbocycles. The Labute approximate surface area is 105 Å². The largest absolute Gasteiger partial charge is 0.314 e. The lowest BCUT2D eigenvalue weighted by Crippen LogP contribution is -2.47. The van der Waals surface area contributed by atoms with Gasteiger partial charge in [-0.3, -0.25) is 0 Å². The summed E-state index contributed by atoms with van der Waals surface area (Å²) in [5.74, 6) is 3.02. The Balaban J connectivity index is 1.69. The zero-order valence-corrected chi connectivity index (χ0v) is 10.9. The van der Waals surface area contributed by atoms with Crippen LogP contribution in [0.25, 0.3) is 0 Å². The molecule has 1 atom stereocenters. The molecule has 2 heteroatoms. The van der Waals surface area contributed by atoms with Gasteiger partial charge in [0.15, 0.2) is 0 Å². The minimum atomic E-state index is -0.608. The molecule has 0 radical (unpaired) electrons. The Morgan fingerprint density at radius 1 is 1.18 bits per heavy atom. The van der Waals surface area contributed by atoms with Crippen molar-refractivity contribution in [1.29, 1.82) is 5.26 Å². The normalized spacial score (nSPS) is 46.5. The molecule has 1 unspecified atom stereocenters. The van der Waals surface area contributed by atoms with Crippen LogP contribution in [0.2, 0.25) is 0 Å². The predicted octanol–water partition coefficient (Wildman–Crippen LogP) is 3.22. The van der Waals surface area contributed by atoms with Crippen molar-refractivity contribution in [3.8, 4) is 6.07 Å². The van der Waals surface area contributed by atoms with Crippen molar-refractivity contribution in [3.63, 3.8) is 0 Å². The van der Waals surface area contributed by atoms with Crippen molar-refractivity contribution >= 4 is 0 Å². The Morgan fingerprint density at radius 2 is 1.65 bits per heavy atom. The highest BCUT2D eigenvalue weighted by Crippen LogP contribution is 2.61. The van der Waals surface area contributed by atoms with Gasteiger partial charge in [0.25, 0.3) is 0 Å². The summed E-state index contributed by atoms with van der Waals surface area (Å²) in [4.78, 5) is 0. The van der Waals surface area contributed by atoms with Gasteiger partial charge >= 0.3 is 0 Å². The molecule has 0 aliphatic heterocycles. The third kappa shape index (κ3) is 2.10. The van der Waals surface area contributed by atoms with Gasteiger partial charge in [0.2, 0.25) is 0 Å². The van der Waals surface area contributed by atoms with E-state index >= 15 is 0 Å². The van der Waals surface area contributed by atoms with E-state index in [9.17, 15) is 0 Å². The van der Waals surface area contributed by atoms with Crippen molar-refractivity contribution in [2.24, 2.45) is 28.9 Å². The smallest absolute Gasteiger partial charge is 0.101 e. The fourth-order valence-corrected chi connectivity index (χ4v) is 5.18. The fourth-order valence-electron chi connectivity index (χ4n) is 5.18. The van der Waals surface area contributed by atoms with Gasteiger partial charge in [-0.05, 0) is 81.5 Å². The summed E-state index contributed by atoms with van der Waals surface area (Å²) in [5, 5.41) is 9.03. The zero-order chi connectivity index (χ0) is 12.1. The van der Waals surface area contributed by atoms with E-state index < -0.39 is 5.54 Å². The standard InChI is InChI=1S/C15H24N2/c1-14(17,10-16)2-3-15-7-11-4-12(8-15)6-13(5-11)9-15/h11-13H,2-9,17H2,1H3. The molecule has 17 heavy (non-hydrogen) atoms. The summed E-state index contributed by atoms with van der Waals surface area (Å²) in [6.45, 7) is 1.88. The van der Waals surface area contributed by atoms with Crippen LogP contribution in [0.4, 0.5) is 0 Å². The van der Waals surface area contributed by atoms with Crippen molar-refractivity contribution in [3.05, 3.63) is 0 Å². The van der Waals surface area contributed by atoms with Crippen molar-refractivity contribution in [2.75, 3.05) is 0 Å². The van der Waals surface area contributed by atoms with E-state index in [-0.39, 0.29) is 0 Å². The monoisotopic (exact) mass is 232 g/mol. The Hall–Kier alpha value is -0.550. The van der Waals surface area contributed by atoms with Crippen molar-refractivity contribution in [1.82, 2.24) is 0 Å². The van der Waals surface area contributed by atoms with Crippen LogP contribution in [0.5, 0.6) is 0 Å². The van der Waals surface area contributed by atoms with Crippen LogP contribution in [0, 0.1) is 34.5 Å². The van der Waals surface area contributed by atoms with E-state index in [0.29, 0.717) is 5.41 Å². The van der Waals surface area contributed by atoms with E-state index in [1.807, 2.05) is 6.92 Å². The third-order valence-corrected chi connectivity index (χ3v) is 5.60. The SMILES string of the molecule is CC(N)(C#N)CCC12CC3CC(CC(C3)C1)C2. The summed E-state index contributed by atoms with van der Waals surface area (Å²) < 4.78 is 0. The molecule has 0 aromatic heterocycles. The van der Waals surface area contributed by atoms with Gasteiger partial charge in [-0.25, -0.2) is 0 Å². The maximum Gasteiger partial charge on any atom is 0.101 e. The van der Waals surface area contributed by atoms with Crippen molar-refractivity contribution < 1.29 is 0 Å². The van der Waals surface area contributed by atoms with Gasteiger partial charge in [0.05, 0.1) is 6.07 Å². The van der Waals surface area contributed by atoms with Crippen LogP contribution in [0.3, 0.4) is 0 Å². The Bertz CT molecular complexity index is 315. The number of nitrogens with zero attached hydrogens (tertiary/aromatic N) is 1. The highest BCUT2D eigenvalue weighted by Gasteiger charge is 2.50. The molecule has 4 rings (SSSR count). The molecule has 0 spiro atoms. The first-order valence-corrected chi connectivity index (χ1v) is 7.20. The van der Waals surface area contributed by atoms with Gasteiger partial charge in [0.1, 0.15) is 5.54 Å².